The van der Waals surface area contributed by atoms with Gasteiger partial charge in [0.2, 0.25) is 0 Å². The van der Waals surface area contributed by atoms with Crippen LogP contribution in [0.15, 0.2) is 24.3 Å². The van der Waals surface area contributed by atoms with Crippen molar-refractivity contribution in [2.45, 2.75) is 33.7 Å². The predicted molar refractivity (Wildman–Crippen MR) is 80.1 cm³/mol. The fraction of sp³-hybridized carbons (Fsp3) is 0.333. The average molecular weight is 274 g/mol. The van der Waals surface area contributed by atoms with Gasteiger partial charge in [-0.05, 0) is 44.8 Å². The summed E-state index contributed by atoms with van der Waals surface area (Å²) < 4.78 is 4.26. The van der Waals surface area contributed by atoms with Crippen LogP contribution < -0.4 is 5.32 Å². The zero-order valence-electron chi connectivity index (χ0n) is 11.7. The maximum absolute atomic E-state index is 11.6. The number of benzene rings is 1. The second kappa shape index (κ2) is 5.53. The molecule has 100 valence electrons. The second-order valence-corrected chi connectivity index (χ2v) is 5.58. The molecule has 0 spiro atoms. The molecule has 0 aliphatic carbocycles. The molecule has 2 aromatic rings. The van der Waals surface area contributed by atoms with E-state index in [-0.39, 0.29) is 11.8 Å². The number of hydrogen-bond acceptors (Lipinski definition) is 4. The summed E-state index contributed by atoms with van der Waals surface area (Å²) in [6.07, 6.45) is 0. The first-order chi connectivity index (χ1) is 8.99. The Bertz CT molecular complexity index is 587. The summed E-state index contributed by atoms with van der Waals surface area (Å²) in [6, 6.07) is 8.55. The van der Waals surface area contributed by atoms with Crippen molar-refractivity contribution in [3.8, 4) is 0 Å². The molecule has 1 unspecified atom stereocenters. The third-order valence-corrected chi connectivity index (χ3v) is 4.01. The molecule has 0 bridgehead atoms. The van der Waals surface area contributed by atoms with E-state index in [2.05, 4.69) is 47.8 Å². The third-order valence-electron chi connectivity index (χ3n) is 3.14. The molecule has 0 saturated carbocycles. The fourth-order valence-electron chi connectivity index (χ4n) is 2.02. The van der Waals surface area contributed by atoms with E-state index in [1.807, 2.05) is 6.92 Å². The van der Waals surface area contributed by atoms with Crippen molar-refractivity contribution in [3.63, 3.8) is 0 Å². The van der Waals surface area contributed by atoms with Gasteiger partial charge in [0.15, 0.2) is 5.78 Å². The molecule has 0 saturated heterocycles. The van der Waals surface area contributed by atoms with Crippen LogP contribution in [0.25, 0.3) is 0 Å². The van der Waals surface area contributed by atoms with E-state index in [4.69, 9.17) is 0 Å². The number of carbonyl (C=O) groups excluding carboxylic acids is 1. The lowest BCUT2D eigenvalue weighted by molar-refractivity contribution is 0.101. The lowest BCUT2D eigenvalue weighted by Gasteiger charge is -2.15. The maximum Gasteiger partial charge on any atom is 0.164 e. The Kier molecular flexibility index (Phi) is 4.00. The van der Waals surface area contributed by atoms with E-state index in [0.29, 0.717) is 5.56 Å². The molecule has 1 aromatic carbocycles. The topological polar surface area (TPSA) is 42.0 Å². The number of carbonyl (C=O) groups is 1. The molecule has 1 aromatic heterocycles. The van der Waals surface area contributed by atoms with Gasteiger partial charge in [0.05, 0.1) is 11.3 Å². The quantitative estimate of drug-likeness (QED) is 0.852. The van der Waals surface area contributed by atoms with Crippen LogP contribution in [0, 0.1) is 13.8 Å². The van der Waals surface area contributed by atoms with Crippen molar-refractivity contribution in [2.75, 3.05) is 5.32 Å². The molecular weight excluding hydrogens is 256 g/mol. The standard InChI is InChI=1S/C15H18N2OS/c1-9-5-7-13(8-6-9)10(2)16-15-14(12(4)18)11(3)17-19-15/h5-8,10,16H,1-4H3. The van der Waals surface area contributed by atoms with Crippen molar-refractivity contribution in [1.82, 2.24) is 4.37 Å². The van der Waals surface area contributed by atoms with Gasteiger partial charge in [-0.25, -0.2) is 0 Å². The Morgan fingerprint density at radius 2 is 1.89 bits per heavy atom. The molecule has 3 nitrogen and oxygen atoms in total. The van der Waals surface area contributed by atoms with Crippen molar-refractivity contribution >= 4 is 22.3 Å². The zero-order valence-corrected chi connectivity index (χ0v) is 12.5. The van der Waals surface area contributed by atoms with E-state index < -0.39 is 0 Å². The Labute approximate surface area is 117 Å². The molecule has 1 heterocycles. The van der Waals surface area contributed by atoms with Crippen LogP contribution in [0.4, 0.5) is 5.00 Å². The third kappa shape index (κ3) is 3.01. The number of anilines is 1. The van der Waals surface area contributed by atoms with Gasteiger partial charge in [0.1, 0.15) is 5.00 Å². The van der Waals surface area contributed by atoms with Gasteiger partial charge < -0.3 is 5.32 Å². The summed E-state index contributed by atoms with van der Waals surface area (Å²) >= 11 is 1.35. The number of nitrogens with zero attached hydrogens (tertiary/aromatic N) is 1. The summed E-state index contributed by atoms with van der Waals surface area (Å²) in [7, 11) is 0. The number of Topliss-reactive ketones (excluding diaryl/α,β-unsaturated/α-hetero) is 1. The zero-order chi connectivity index (χ0) is 14.0. The van der Waals surface area contributed by atoms with Gasteiger partial charge in [0.25, 0.3) is 0 Å². The van der Waals surface area contributed by atoms with Gasteiger partial charge in [-0.1, -0.05) is 29.8 Å². The Hall–Kier alpha value is -1.68. The van der Waals surface area contributed by atoms with E-state index in [9.17, 15) is 4.79 Å². The van der Waals surface area contributed by atoms with Crippen molar-refractivity contribution in [2.24, 2.45) is 0 Å². The molecule has 19 heavy (non-hydrogen) atoms. The van der Waals surface area contributed by atoms with Crippen LogP contribution in [0.3, 0.4) is 0 Å². The number of rotatable bonds is 4. The summed E-state index contributed by atoms with van der Waals surface area (Å²) in [5.41, 5.74) is 3.96. The molecule has 1 atom stereocenters. The number of nitrogens with one attached hydrogen (secondary N) is 1. The van der Waals surface area contributed by atoms with Crippen molar-refractivity contribution in [1.29, 1.82) is 0 Å². The smallest absolute Gasteiger partial charge is 0.164 e. The molecular formula is C15H18N2OS. The molecule has 0 aliphatic rings. The summed E-state index contributed by atoms with van der Waals surface area (Å²) in [4.78, 5) is 11.6. The summed E-state index contributed by atoms with van der Waals surface area (Å²) in [5.74, 6) is 0.0601. The van der Waals surface area contributed by atoms with Crippen LogP contribution in [-0.2, 0) is 0 Å². The molecule has 0 aliphatic heterocycles. The van der Waals surface area contributed by atoms with E-state index in [0.717, 1.165) is 10.7 Å². The average Bonchev–Trinajstić information content (AvgIpc) is 2.71. The van der Waals surface area contributed by atoms with Gasteiger partial charge in [-0.15, -0.1) is 0 Å². The molecule has 0 radical (unpaired) electrons. The fourth-order valence-corrected chi connectivity index (χ4v) is 2.95. The first-order valence-corrected chi connectivity index (χ1v) is 7.06. The number of aryl methyl sites for hydroxylation is 2. The van der Waals surface area contributed by atoms with Gasteiger partial charge in [-0.2, -0.15) is 4.37 Å². The van der Waals surface area contributed by atoms with Gasteiger partial charge in [-0.3, -0.25) is 4.79 Å². The van der Waals surface area contributed by atoms with E-state index >= 15 is 0 Å². The van der Waals surface area contributed by atoms with Crippen LogP contribution in [0.5, 0.6) is 0 Å². The maximum atomic E-state index is 11.6. The highest BCUT2D eigenvalue weighted by molar-refractivity contribution is 7.10. The number of ketones is 1. The van der Waals surface area contributed by atoms with Crippen LogP contribution >= 0.6 is 11.5 Å². The van der Waals surface area contributed by atoms with Crippen LogP contribution in [0.1, 0.15) is 47.1 Å². The lowest BCUT2D eigenvalue weighted by atomic mass is 10.1. The highest BCUT2D eigenvalue weighted by atomic mass is 32.1. The lowest BCUT2D eigenvalue weighted by Crippen LogP contribution is -2.08. The minimum atomic E-state index is 0.0601. The van der Waals surface area contributed by atoms with Crippen molar-refractivity contribution < 1.29 is 4.79 Å². The van der Waals surface area contributed by atoms with Gasteiger partial charge in [0, 0.05) is 6.04 Å². The minimum absolute atomic E-state index is 0.0601. The monoisotopic (exact) mass is 274 g/mol. The number of hydrogen-bond donors (Lipinski definition) is 1. The van der Waals surface area contributed by atoms with Crippen LogP contribution in [-0.4, -0.2) is 10.2 Å². The Morgan fingerprint density at radius 1 is 1.26 bits per heavy atom. The largest absolute Gasteiger partial charge is 0.369 e. The second-order valence-electron chi connectivity index (χ2n) is 4.81. The molecule has 2 rings (SSSR count). The van der Waals surface area contributed by atoms with E-state index in [1.54, 1.807) is 6.92 Å². The highest BCUT2D eigenvalue weighted by Gasteiger charge is 2.16. The molecule has 0 fully saturated rings. The Balaban J connectivity index is 2.21. The van der Waals surface area contributed by atoms with Crippen molar-refractivity contribution in [3.05, 3.63) is 46.6 Å². The Morgan fingerprint density at radius 3 is 2.47 bits per heavy atom. The van der Waals surface area contributed by atoms with Crippen LogP contribution in [0.2, 0.25) is 0 Å². The SMILES string of the molecule is CC(=O)c1c(C)nsc1NC(C)c1ccc(C)cc1. The first kappa shape index (κ1) is 13.7. The minimum Gasteiger partial charge on any atom is -0.369 e. The molecule has 4 heteroatoms. The number of aromatic nitrogens is 1. The summed E-state index contributed by atoms with van der Waals surface area (Å²) in [6.45, 7) is 7.61. The molecule has 0 amide bonds. The van der Waals surface area contributed by atoms with E-state index in [1.165, 1.54) is 22.7 Å². The summed E-state index contributed by atoms with van der Waals surface area (Å²) in [5, 5.41) is 4.24. The molecule has 1 N–H and O–H groups in total. The first-order valence-electron chi connectivity index (χ1n) is 6.29. The highest BCUT2D eigenvalue weighted by Crippen LogP contribution is 2.29. The normalized spacial score (nSPS) is 12.2. The van der Waals surface area contributed by atoms with Gasteiger partial charge >= 0.3 is 0 Å². The predicted octanol–water partition coefficient (Wildman–Crippen LogP) is 4.14.